The van der Waals surface area contributed by atoms with E-state index in [1.807, 2.05) is 38.1 Å². The van der Waals surface area contributed by atoms with E-state index in [-0.39, 0.29) is 6.42 Å². The molecule has 2 aromatic rings. The number of benzene rings is 1. The van der Waals surface area contributed by atoms with Crippen LogP contribution in [-0.4, -0.2) is 22.7 Å². The van der Waals surface area contributed by atoms with Crippen molar-refractivity contribution in [2.45, 2.75) is 26.7 Å². The Balaban J connectivity index is 2.12. The molecule has 0 radical (unpaired) electrons. The number of ether oxygens (including phenoxy) is 1. The van der Waals surface area contributed by atoms with E-state index >= 15 is 0 Å². The van der Waals surface area contributed by atoms with E-state index in [9.17, 15) is 4.79 Å². The molecule has 2 N–H and O–H groups in total. The summed E-state index contributed by atoms with van der Waals surface area (Å²) in [5.41, 5.74) is 4.56. The molecule has 5 nitrogen and oxygen atoms in total. The number of aromatic nitrogens is 1. The Morgan fingerprint density at radius 2 is 2.20 bits per heavy atom. The summed E-state index contributed by atoms with van der Waals surface area (Å²) in [7, 11) is 0. The number of rotatable bonds is 5. The first-order chi connectivity index (χ1) is 9.61. The molecule has 5 heteroatoms. The van der Waals surface area contributed by atoms with Crippen molar-refractivity contribution in [1.29, 1.82) is 0 Å². The molecule has 1 amide bonds. The van der Waals surface area contributed by atoms with Crippen LogP contribution in [-0.2, 0) is 4.79 Å². The lowest BCUT2D eigenvalue weighted by molar-refractivity contribution is -0.129. The molecule has 20 heavy (non-hydrogen) atoms. The molecule has 0 saturated heterocycles. The Morgan fingerprint density at radius 1 is 1.40 bits per heavy atom. The van der Waals surface area contributed by atoms with E-state index in [1.54, 1.807) is 5.48 Å². The molecule has 0 atom stereocenters. The molecular weight excluding hydrogens is 256 g/mol. The molecule has 0 spiro atoms. The Labute approximate surface area is 117 Å². The number of fused-ring (bicyclic) bond motifs is 1. The van der Waals surface area contributed by atoms with Crippen LogP contribution in [0.15, 0.2) is 24.3 Å². The van der Waals surface area contributed by atoms with Gasteiger partial charge < -0.3 is 4.74 Å². The monoisotopic (exact) mass is 274 g/mol. The van der Waals surface area contributed by atoms with E-state index < -0.39 is 5.91 Å². The van der Waals surface area contributed by atoms with E-state index in [4.69, 9.17) is 9.94 Å². The van der Waals surface area contributed by atoms with Crippen LogP contribution in [0.5, 0.6) is 5.75 Å². The third kappa shape index (κ3) is 3.24. The largest absolute Gasteiger partial charge is 0.491 e. The quantitative estimate of drug-likeness (QED) is 0.499. The smallest absolute Gasteiger partial charge is 0.243 e. The highest BCUT2D eigenvalue weighted by Gasteiger charge is 2.07. The van der Waals surface area contributed by atoms with Crippen molar-refractivity contribution in [1.82, 2.24) is 10.5 Å². The lowest BCUT2D eigenvalue weighted by Crippen LogP contribution is -2.18. The fraction of sp³-hybridized carbons (Fsp3) is 0.333. The van der Waals surface area contributed by atoms with Crippen LogP contribution in [0.2, 0.25) is 0 Å². The Bertz CT molecular complexity index is 626. The van der Waals surface area contributed by atoms with Crippen molar-refractivity contribution >= 4 is 16.8 Å². The van der Waals surface area contributed by atoms with E-state index in [0.717, 1.165) is 27.9 Å². The number of hydroxylamine groups is 1. The lowest BCUT2D eigenvalue weighted by atomic mass is 10.1. The van der Waals surface area contributed by atoms with Gasteiger partial charge in [0.1, 0.15) is 11.3 Å². The molecule has 0 unspecified atom stereocenters. The molecule has 0 aliphatic carbocycles. The van der Waals surface area contributed by atoms with Crippen LogP contribution < -0.4 is 10.2 Å². The zero-order valence-electron chi connectivity index (χ0n) is 11.6. The molecule has 1 heterocycles. The van der Waals surface area contributed by atoms with Gasteiger partial charge in [-0.25, -0.2) is 10.5 Å². The SMILES string of the molecule is Cc1cc(C)c2cccc(OCCCC(=O)NO)c2n1. The molecule has 1 aromatic heterocycles. The predicted molar refractivity (Wildman–Crippen MR) is 75.9 cm³/mol. The van der Waals surface area contributed by atoms with Crippen LogP contribution in [0, 0.1) is 13.8 Å². The number of para-hydroxylation sites is 1. The van der Waals surface area contributed by atoms with Crippen molar-refractivity contribution in [2.24, 2.45) is 0 Å². The van der Waals surface area contributed by atoms with Gasteiger partial charge in [-0.2, -0.15) is 0 Å². The maximum Gasteiger partial charge on any atom is 0.243 e. The van der Waals surface area contributed by atoms with Gasteiger partial charge in [-0.15, -0.1) is 0 Å². The Morgan fingerprint density at radius 3 is 2.95 bits per heavy atom. The molecule has 0 aliphatic rings. The van der Waals surface area contributed by atoms with Crippen molar-refractivity contribution in [3.05, 3.63) is 35.5 Å². The number of nitrogens with zero attached hydrogens (tertiary/aromatic N) is 1. The predicted octanol–water partition coefficient (Wildman–Crippen LogP) is 2.52. The fourth-order valence-electron chi connectivity index (χ4n) is 2.14. The summed E-state index contributed by atoms with van der Waals surface area (Å²) in [6.45, 7) is 4.41. The highest BCUT2D eigenvalue weighted by atomic mass is 16.5. The highest BCUT2D eigenvalue weighted by Crippen LogP contribution is 2.26. The molecular formula is C15H18N2O3. The number of amides is 1. The van der Waals surface area contributed by atoms with Crippen molar-refractivity contribution < 1.29 is 14.7 Å². The number of pyridine rings is 1. The third-order valence-electron chi connectivity index (χ3n) is 3.07. The zero-order valence-corrected chi connectivity index (χ0v) is 11.6. The first kappa shape index (κ1) is 14.3. The van der Waals surface area contributed by atoms with Crippen LogP contribution in [0.1, 0.15) is 24.1 Å². The van der Waals surface area contributed by atoms with Gasteiger partial charge in [0.05, 0.1) is 6.61 Å². The average Bonchev–Trinajstić information content (AvgIpc) is 2.43. The second-order valence-electron chi connectivity index (χ2n) is 4.72. The maximum absolute atomic E-state index is 10.9. The van der Waals surface area contributed by atoms with Crippen LogP contribution in [0.4, 0.5) is 0 Å². The van der Waals surface area contributed by atoms with Crippen molar-refractivity contribution in [2.75, 3.05) is 6.61 Å². The van der Waals surface area contributed by atoms with Crippen molar-refractivity contribution in [3.8, 4) is 5.75 Å². The maximum atomic E-state index is 10.9. The average molecular weight is 274 g/mol. The molecule has 1 aromatic carbocycles. The number of nitrogens with one attached hydrogen (secondary N) is 1. The van der Waals surface area contributed by atoms with E-state index in [1.165, 1.54) is 0 Å². The van der Waals surface area contributed by atoms with Gasteiger partial charge in [-0.3, -0.25) is 10.0 Å². The van der Waals surface area contributed by atoms with Crippen LogP contribution in [0.25, 0.3) is 10.9 Å². The summed E-state index contributed by atoms with van der Waals surface area (Å²) in [5.74, 6) is 0.315. The van der Waals surface area contributed by atoms with Gasteiger partial charge in [0.2, 0.25) is 5.91 Å². The fourth-order valence-corrected chi connectivity index (χ4v) is 2.14. The summed E-state index contributed by atoms with van der Waals surface area (Å²) >= 11 is 0. The summed E-state index contributed by atoms with van der Waals surface area (Å²) < 4.78 is 5.70. The number of hydrogen-bond donors (Lipinski definition) is 2. The number of aryl methyl sites for hydroxylation is 2. The minimum Gasteiger partial charge on any atom is -0.491 e. The number of carbonyl (C=O) groups is 1. The highest BCUT2D eigenvalue weighted by molar-refractivity contribution is 5.87. The first-order valence-electron chi connectivity index (χ1n) is 6.54. The Kier molecular flexibility index (Phi) is 4.53. The van der Waals surface area contributed by atoms with Crippen LogP contribution in [0.3, 0.4) is 0 Å². The normalized spacial score (nSPS) is 10.6. The van der Waals surface area contributed by atoms with E-state index in [0.29, 0.717) is 13.0 Å². The summed E-state index contributed by atoms with van der Waals surface area (Å²) in [5, 5.41) is 9.47. The molecule has 0 aliphatic heterocycles. The van der Waals surface area contributed by atoms with Gasteiger partial charge in [0.15, 0.2) is 0 Å². The molecule has 0 bridgehead atoms. The van der Waals surface area contributed by atoms with Crippen LogP contribution >= 0.6 is 0 Å². The molecule has 0 fully saturated rings. The Hall–Kier alpha value is -2.14. The summed E-state index contributed by atoms with van der Waals surface area (Å²) in [6.07, 6.45) is 0.764. The van der Waals surface area contributed by atoms with Crippen molar-refractivity contribution in [3.63, 3.8) is 0 Å². The van der Waals surface area contributed by atoms with E-state index in [2.05, 4.69) is 4.98 Å². The standard InChI is InChI=1S/C15H18N2O3/c1-10-9-11(2)16-15-12(10)5-3-6-13(15)20-8-4-7-14(18)17-19/h3,5-6,9,19H,4,7-8H2,1-2H3,(H,17,18). The number of hydrogen-bond acceptors (Lipinski definition) is 4. The van der Waals surface area contributed by atoms with Gasteiger partial charge in [0.25, 0.3) is 0 Å². The summed E-state index contributed by atoms with van der Waals surface area (Å²) in [6, 6.07) is 7.86. The zero-order chi connectivity index (χ0) is 14.5. The van der Waals surface area contributed by atoms with Gasteiger partial charge in [0, 0.05) is 17.5 Å². The topological polar surface area (TPSA) is 71.5 Å². The number of carbonyl (C=O) groups excluding carboxylic acids is 1. The minimum atomic E-state index is -0.406. The van der Waals surface area contributed by atoms with Gasteiger partial charge >= 0.3 is 0 Å². The van der Waals surface area contributed by atoms with Gasteiger partial charge in [-0.05, 0) is 38.0 Å². The summed E-state index contributed by atoms with van der Waals surface area (Å²) in [4.78, 5) is 15.4. The first-order valence-corrected chi connectivity index (χ1v) is 6.54. The van der Waals surface area contributed by atoms with Gasteiger partial charge in [-0.1, -0.05) is 12.1 Å². The lowest BCUT2D eigenvalue weighted by Gasteiger charge is -2.10. The third-order valence-corrected chi connectivity index (χ3v) is 3.07. The molecule has 106 valence electrons. The molecule has 2 rings (SSSR count). The molecule has 0 saturated carbocycles. The second kappa shape index (κ2) is 6.34. The minimum absolute atomic E-state index is 0.229. The second-order valence-corrected chi connectivity index (χ2v) is 4.72.